The Labute approximate surface area is 70.4 Å². The molecule has 1 unspecified atom stereocenters. The Kier molecular flexibility index (Phi) is 4.71. The van der Waals surface area contributed by atoms with Crippen LogP contribution in [0.1, 0.15) is 13.8 Å². The normalized spacial score (nSPS) is 12.5. The van der Waals surface area contributed by atoms with E-state index in [2.05, 4.69) is 0 Å². The van der Waals surface area contributed by atoms with Crippen LogP contribution in [-0.2, 0) is 4.79 Å². The van der Waals surface area contributed by atoms with Crippen LogP contribution < -0.4 is 0 Å². The first-order valence-electron chi connectivity index (χ1n) is 3.32. The summed E-state index contributed by atoms with van der Waals surface area (Å²) in [6.45, 7) is 3.95. The standard InChI is InChI=1S/C7H11NO2S/c1-5(2)11-4-6(3-8)7(9)10/h5-6H,4H2,1-2H3,(H,9,10). The van der Waals surface area contributed by atoms with Crippen LogP contribution in [0.5, 0.6) is 0 Å². The van der Waals surface area contributed by atoms with E-state index in [1.165, 1.54) is 11.8 Å². The number of aliphatic carboxylic acids is 1. The molecule has 0 rings (SSSR count). The molecule has 0 aromatic carbocycles. The van der Waals surface area contributed by atoms with Gasteiger partial charge in [0.1, 0.15) is 0 Å². The molecule has 4 heteroatoms. The number of nitrogens with zero attached hydrogens (tertiary/aromatic N) is 1. The van der Waals surface area contributed by atoms with E-state index < -0.39 is 11.9 Å². The second kappa shape index (κ2) is 5.03. The zero-order valence-electron chi connectivity index (χ0n) is 6.57. The van der Waals surface area contributed by atoms with Crippen molar-refractivity contribution < 1.29 is 9.90 Å². The van der Waals surface area contributed by atoms with Gasteiger partial charge in [-0.2, -0.15) is 17.0 Å². The van der Waals surface area contributed by atoms with Gasteiger partial charge in [0.25, 0.3) is 0 Å². The fourth-order valence-corrected chi connectivity index (χ4v) is 1.25. The van der Waals surface area contributed by atoms with Crippen LogP contribution in [0.2, 0.25) is 0 Å². The number of carboxylic acid groups (broad SMARTS) is 1. The first kappa shape index (κ1) is 10.3. The van der Waals surface area contributed by atoms with Crippen molar-refractivity contribution >= 4 is 17.7 Å². The highest BCUT2D eigenvalue weighted by molar-refractivity contribution is 7.99. The Balaban J connectivity index is 3.73. The van der Waals surface area contributed by atoms with Gasteiger partial charge >= 0.3 is 5.97 Å². The number of thioether (sulfide) groups is 1. The number of hydrogen-bond donors (Lipinski definition) is 1. The van der Waals surface area contributed by atoms with Crippen LogP contribution >= 0.6 is 11.8 Å². The van der Waals surface area contributed by atoms with Gasteiger partial charge in [-0.1, -0.05) is 13.8 Å². The van der Waals surface area contributed by atoms with Gasteiger partial charge in [0.15, 0.2) is 5.92 Å². The largest absolute Gasteiger partial charge is 0.480 e. The van der Waals surface area contributed by atoms with Crippen molar-refractivity contribution in [2.75, 3.05) is 5.75 Å². The maximum atomic E-state index is 10.3. The fourth-order valence-electron chi connectivity index (χ4n) is 0.452. The highest BCUT2D eigenvalue weighted by Gasteiger charge is 2.16. The minimum atomic E-state index is -1.03. The summed E-state index contributed by atoms with van der Waals surface area (Å²) in [7, 11) is 0. The van der Waals surface area contributed by atoms with E-state index in [0.29, 0.717) is 11.0 Å². The molecule has 0 radical (unpaired) electrons. The van der Waals surface area contributed by atoms with Crippen LogP contribution in [0.15, 0.2) is 0 Å². The summed E-state index contributed by atoms with van der Waals surface area (Å²) >= 11 is 1.49. The van der Waals surface area contributed by atoms with E-state index in [1.807, 2.05) is 13.8 Å². The van der Waals surface area contributed by atoms with Gasteiger partial charge in [0.2, 0.25) is 0 Å². The third-order valence-electron chi connectivity index (χ3n) is 1.05. The Morgan fingerprint density at radius 3 is 2.55 bits per heavy atom. The maximum absolute atomic E-state index is 10.3. The van der Waals surface area contributed by atoms with Gasteiger partial charge in [-0.25, -0.2) is 0 Å². The summed E-state index contributed by atoms with van der Waals surface area (Å²) in [5, 5.41) is 17.2. The smallest absolute Gasteiger partial charge is 0.321 e. The lowest BCUT2D eigenvalue weighted by Crippen LogP contribution is -2.14. The minimum Gasteiger partial charge on any atom is -0.480 e. The molecule has 0 fully saturated rings. The van der Waals surface area contributed by atoms with Crippen LogP contribution in [0, 0.1) is 17.2 Å². The zero-order valence-corrected chi connectivity index (χ0v) is 7.39. The maximum Gasteiger partial charge on any atom is 0.321 e. The molecule has 1 N–H and O–H groups in total. The molecule has 62 valence electrons. The van der Waals surface area contributed by atoms with Gasteiger partial charge in [-0.3, -0.25) is 4.79 Å². The van der Waals surface area contributed by atoms with Crippen molar-refractivity contribution in [3.05, 3.63) is 0 Å². The van der Waals surface area contributed by atoms with Gasteiger partial charge < -0.3 is 5.11 Å². The van der Waals surface area contributed by atoms with Crippen molar-refractivity contribution in [3.8, 4) is 6.07 Å². The molecule has 0 saturated carbocycles. The molecular formula is C7H11NO2S. The Morgan fingerprint density at radius 2 is 2.27 bits per heavy atom. The first-order valence-corrected chi connectivity index (χ1v) is 4.36. The molecule has 0 aromatic rings. The molecule has 0 aliphatic rings. The molecule has 1 atom stereocenters. The highest BCUT2D eigenvalue weighted by Crippen LogP contribution is 2.13. The summed E-state index contributed by atoms with van der Waals surface area (Å²) < 4.78 is 0. The monoisotopic (exact) mass is 173 g/mol. The third kappa shape index (κ3) is 4.68. The second-order valence-corrected chi connectivity index (χ2v) is 4.01. The fraction of sp³-hybridized carbons (Fsp3) is 0.714. The number of carboxylic acids is 1. The van der Waals surface area contributed by atoms with E-state index in [1.54, 1.807) is 6.07 Å². The molecule has 3 nitrogen and oxygen atoms in total. The highest BCUT2D eigenvalue weighted by atomic mass is 32.2. The number of hydrogen-bond acceptors (Lipinski definition) is 3. The lowest BCUT2D eigenvalue weighted by Gasteiger charge is -2.05. The summed E-state index contributed by atoms with van der Waals surface area (Å²) in [4.78, 5) is 10.3. The summed E-state index contributed by atoms with van der Waals surface area (Å²) in [6.07, 6.45) is 0. The first-order chi connectivity index (χ1) is 5.07. The lowest BCUT2D eigenvalue weighted by atomic mass is 10.2. The predicted octanol–water partition coefficient (Wildman–Crippen LogP) is 1.35. The van der Waals surface area contributed by atoms with Gasteiger partial charge in [-0.15, -0.1) is 0 Å². The molecule has 0 bridgehead atoms. The molecule has 0 aliphatic carbocycles. The number of nitriles is 1. The molecule has 0 spiro atoms. The Bertz CT molecular complexity index is 174. The van der Waals surface area contributed by atoms with E-state index >= 15 is 0 Å². The quantitative estimate of drug-likeness (QED) is 0.697. The van der Waals surface area contributed by atoms with Gasteiger partial charge in [0, 0.05) is 5.75 Å². The molecule has 0 saturated heterocycles. The lowest BCUT2D eigenvalue weighted by molar-refractivity contribution is -0.139. The number of carbonyl (C=O) groups is 1. The minimum absolute atomic E-state index is 0.378. The number of rotatable bonds is 4. The average Bonchev–Trinajstić information content (AvgIpc) is 1.87. The SMILES string of the molecule is CC(C)SCC(C#N)C(=O)O. The van der Waals surface area contributed by atoms with Crippen molar-refractivity contribution in [2.24, 2.45) is 5.92 Å². The van der Waals surface area contributed by atoms with Crippen molar-refractivity contribution in [2.45, 2.75) is 19.1 Å². The molecule has 0 aromatic heterocycles. The van der Waals surface area contributed by atoms with Crippen LogP contribution in [-0.4, -0.2) is 22.1 Å². The van der Waals surface area contributed by atoms with Gasteiger partial charge in [0.05, 0.1) is 6.07 Å². The summed E-state index contributed by atoms with van der Waals surface area (Å²) in [5.74, 6) is -1.51. The summed E-state index contributed by atoms with van der Waals surface area (Å²) in [6, 6.07) is 1.74. The van der Waals surface area contributed by atoms with E-state index in [9.17, 15) is 4.79 Å². The Hall–Kier alpha value is -0.690. The molecule has 0 amide bonds. The van der Waals surface area contributed by atoms with E-state index in [0.717, 1.165) is 0 Å². The third-order valence-corrected chi connectivity index (χ3v) is 2.24. The van der Waals surface area contributed by atoms with Gasteiger partial charge in [-0.05, 0) is 5.25 Å². The van der Waals surface area contributed by atoms with Crippen LogP contribution in [0.25, 0.3) is 0 Å². The van der Waals surface area contributed by atoms with Crippen molar-refractivity contribution in [1.82, 2.24) is 0 Å². The van der Waals surface area contributed by atoms with Crippen LogP contribution in [0.4, 0.5) is 0 Å². The van der Waals surface area contributed by atoms with Crippen molar-refractivity contribution in [3.63, 3.8) is 0 Å². The van der Waals surface area contributed by atoms with Crippen LogP contribution in [0.3, 0.4) is 0 Å². The Morgan fingerprint density at radius 1 is 1.73 bits per heavy atom. The molecule has 0 heterocycles. The molecule has 11 heavy (non-hydrogen) atoms. The zero-order chi connectivity index (χ0) is 8.85. The van der Waals surface area contributed by atoms with Crippen molar-refractivity contribution in [1.29, 1.82) is 5.26 Å². The molecule has 0 aliphatic heterocycles. The topological polar surface area (TPSA) is 61.1 Å². The van der Waals surface area contributed by atoms with E-state index in [-0.39, 0.29) is 0 Å². The second-order valence-electron chi connectivity index (χ2n) is 2.40. The summed E-state index contributed by atoms with van der Waals surface area (Å²) in [5.41, 5.74) is 0. The average molecular weight is 173 g/mol. The molecular weight excluding hydrogens is 162 g/mol. The van der Waals surface area contributed by atoms with E-state index in [4.69, 9.17) is 10.4 Å². The predicted molar refractivity (Wildman–Crippen MR) is 44.3 cm³/mol.